The molecule has 0 spiro atoms. The highest BCUT2D eigenvalue weighted by atomic mass is 16.5. The van der Waals surface area contributed by atoms with Crippen molar-refractivity contribution in [2.24, 2.45) is 0 Å². The minimum Gasteiger partial charge on any atom is -0.496 e. The molecule has 2 aliphatic rings. The molecule has 0 bridgehead atoms. The predicted molar refractivity (Wildman–Crippen MR) is 87.6 cm³/mol. The van der Waals surface area contributed by atoms with Gasteiger partial charge < -0.3 is 9.72 Å². The maximum atomic E-state index is 12.4. The Morgan fingerprint density at radius 1 is 1.35 bits per heavy atom. The zero-order chi connectivity index (χ0) is 15.8. The molecule has 4 rings (SSSR count). The SMILES string of the molecule is COc1ccccc1CN1CCc2nc(C3CC3)[nH]c(=O)c2C1. The number of fused-ring (bicyclic) bond motifs is 1. The second-order valence-electron chi connectivity index (χ2n) is 6.42. The molecule has 120 valence electrons. The lowest BCUT2D eigenvalue weighted by Gasteiger charge is -2.28. The van der Waals surface area contributed by atoms with Crippen molar-refractivity contribution in [3.8, 4) is 5.75 Å². The van der Waals surface area contributed by atoms with E-state index in [1.165, 1.54) is 0 Å². The summed E-state index contributed by atoms with van der Waals surface area (Å²) in [4.78, 5) is 22.4. The number of ether oxygens (including phenoxy) is 1. The maximum absolute atomic E-state index is 12.4. The summed E-state index contributed by atoms with van der Waals surface area (Å²) in [5.41, 5.74) is 3.02. The lowest BCUT2D eigenvalue weighted by atomic mass is 10.1. The summed E-state index contributed by atoms with van der Waals surface area (Å²) in [6, 6.07) is 8.05. The second-order valence-corrected chi connectivity index (χ2v) is 6.42. The van der Waals surface area contributed by atoms with Crippen molar-refractivity contribution >= 4 is 0 Å². The molecule has 0 unspecified atom stereocenters. The van der Waals surface area contributed by atoms with Crippen LogP contribution in [0.1, 0.15) is 41.4 Å². The molecule has 1 N–H and O–H groups in total. The van der Waals surface area contributed by atoms with Gasteiger partial charge in [0.2, 0.25) is 0 Å². The van der Waals surface area contributed by atoms with Gasteiger partial charge in [0.05, 0.1) is 18.4 Å². The van der Waals surface area contributed by atoms with E-state index in [1.54, 1.807) is 7.11 Å². The minimum atomic E-state index is 0.0432. The molecule has 0 radical (unpaired) electrons. The third-order valence-corrected chi connectivity index (χ3v) is 4.72. The van der Waals surface area contributed by atoms with E-state index in [2.05, 4.69) is 16.0 Å². The Balaban J connectivity index is 1.55. The van der Waals surface area contributed by atoms with Crippen LogP contribution in [0.5, 0.6) is 5.75 Å². The molecule has 2 heterocycles. The number of benzene rings is 1. The quantitative estimate of drug-likeness (QED) is 0.940. The summed E-state index contributed by atoms with van der Waals surface area (Å²) in [5.74, 6) is 2.28. The van der Waals surface area contributed by atoms with Crippen molar-refractivity contribution < 1.29 is 4.74 Å². The zero-order valence-corrected chi connectivity index (χ0v) is 13.3. The highest BCUT2D eigenvalue weighted by molar-refractivity contribution is 5.33. The Hall–Kier alpha value is -2.14. The summed E-state index contributed by atoms with van der Waals surface area (Å²) >= 11 is 0. The molecule has 0 atom stereocenters. The van der Waals surface area contributed by atoms with Gasteiger partial charge in [-0.15, -0.1) is 0 Å². The van der Waals surface area contributed by atoms with Crippen LogP contribution >= 0.6 is 0 Å². The van der Waals surface area contributed by atoms with Crippen molar-refractivity contribution in [3.63, 3.8) is 0 Å². The molecule has 1 aliphatic carbocycles. The monoisotopic (exact) mass is 311 g/mol. The molecule has 5 heteroatoms. The maximum Gasteiger partial charge on any atom is 0.255 e. The number of nitrogens with zero attached hydrogens (tertiary/aromatic N) is 2. The van der Waals surface area contributed by atoms with E-state index >= 15 is 0 Å². The third-order valence-electron chi connectivity index (χ3n) is 4.72. The van der Waals surface area contributed by atoms with Gasteiger partial charge in [-0.2, -0.15) is 0 Å². The molecule has 1 aromatic heterocycles. The van der Waals surface area contributed by atoms with E-state index in [9.17, 15) is 4.79 Å². The Labute approximate surface area is 135 Å². The van der Waals surface area contributed by atoms with Crippen molar-refractivity contribution in [1.29, 1.82) is 0 Å². The highest BCUT2D eigenvalue weighted by Gasteiger charge is 2.29. The minimum absolute atomic E-state index is 0.0432. The van der Waals surface area contributed by atoms with Gasteiger partial charge in [-0.1, -0.05) is 18.2 Å². The molecule has 2 aromatic rings. The average molecular weight is 311 g/mol. The number of rotatable bonds is 4. The number of aromatic amines is 1. The highest BCUT2D eigenvalue weighted by Crippen LogP contribution is 2.37. The first-order valence-electron chi connectivity index (χ1n) is 8.21. The van der Waals surface area contributed by atoms with Crippen LogP contribution in [0.2, 0.25) is 0 Å². The number of H-pyrrole nitrogens is 1. The number of hydrogen-bond acceptors (Lipinski definition) is 4. The van der Waals surface area contributed by atoms with Gasteiger partial charge in [0.1, 0.15) is 11.6 Å². The number of aromatic nitrogens is 2. The van der Waals surface area contributed by atoms with Crippen LogP contribution < -0.4 is 10.3 Å². The largest absolute Gasteiger partial charge is 0.496 e. The van der Waals surface area contributed by atoms with E-state index in [-0.39, 0.29) is 5.56 Å². The van der Waals surface area contributed by atoms with Crippen LogP contribution in [0.25, 0.3) is 0 Å². The lowest BCUT2D eigenvalue weighted by molar-refractivity contribution is 0.237. The Morgan fingerprint density at radius 2 is 2.17 bits per heavy atom. The van der Waals surface area contributed by atoms with E-state index in [4.69, 9.17) is 9.72 Å². The van der Waals surface area contributed by atoms with Gasteiger partial charge in [0.15, 0.2) is 0 Å². The molecular formula is C18H21N3O2. The third kappa shape index (κ3) is 2.88. The van der Waals surface area contributed by atoms with Crippen LogP contribution in [-0.4, -0.2) is 28.5 Å². The summed E-state index contributed by atoms with van der Waals surface area (Å²) in [7, 11) is 1.69. The first kappa shape index (κ1) is 14.5. The molecule has 1 saturated carbocycles. The fraction of sp³-hybridized carbons (Fsp3) is 0.444. The molecule has 0 saturated heterocycles. The van der Waals surface area contributed by atoms with Gasteiger partial charge in [-0.25, -0.2) is 4.98 Å². The summed E-state index contributed by atoms with van der Waals surface area (Å²) in [6.45, 7) is 2.36. The predicted octanol–water partition coefficient (Wildman–Crippen LogP) is 2.21. The number of para-hydroxylation sites is 1. The summed E-state index contributed by atoms with van der Waals surface area (Å²) in [6.07, 6.45) is 3.15. The van der Waals surface area contributed by atoms with Gasteiger partial charge >= 0.3 is 0 Å². The van der Waals surface area contributed by atoms with E-state index in [0.717, 1.165) is 60.7 Å². The van der Waals surface area contributed by atoms with Crippen LogP contribution in [-0.2, 0) is 19.5 Å². The van der Waals surface area contributed by atoms with Crippen LogP contribution in [0.4, 0.5) is 0 Å². The zero-order valence-electron chi connectivity index (χ0n) is 13.3. The Kier molecular flexibility index (Phi) is 3.65. The smallest absolute Gasteiger partial charge is 0.255 e. The molecule has 1 aliphatic heterocycles. The summed E-state index contributed by atoms with van der Waals surface area (Å²) < 4.78 is 5.42. The van der Waals surface area contributed by atoms with Gasteiger partial charge in [0.25, 0.3) is 5.56 Å². The van der Waals surface area contributed by atoms with Gasteiger partial charge in [-0.05, 0) is 18.9 Å². The molecule has 5 nitrogen and oxygen atoms in total. The molecule has 1 aromatic carbocycles. The molecule has 23 heavy (non-hydrogen) atoms. The van der Waals surface area contributed by atoms with Crippen molar-refractivity contribution in [2.75, 3.05) is 13.7 Å². The van der Waals surface area contributed by atoms with Crippen LogP contribution in [0, 0.1) is 0 Å². The normalized spacial score (nSPS) is 17.8. The lowest BCUT2D eigenvalue weighted by Crippen LogP contribution is -2.35. The van der Waals surface area contributed by atoms with Gasteiger partial charge in [0, 0.05) is 37.5 Å². The Bertz CT molecular complexity index is 780. The van der Waals surface area contributed by atoms with Gasteiger partial charge in [-0.3, -0.25) is 9.69 Å². The summed E-state index contributed by atoms with van der Waals surface area (Å²) in [5, 5.41) is 0. The second kappa shape index (κ2) is 5.81. The van der Waals surface area contributed by atoms with Crippen LogP contribution in [0.15, 0.2) is 29.1 Å². The van der Waals surface area contributed by atoms with E-state index in [0.29, 0.717) is 12.5 Å². The fourth-order valence-electron chi connectivity index (χ4n) is 3.26. The molecule has 1 fully saturated rings. The van der Waals surface area contributed by atoms with Crippen LogP contribution in [0.3, 0.4) is 0 Å². The number of hydrogen-bond donors (Lipinski definition) is 1. The van der Waals surface area contributed by atoms with E-state index in [1.807, 2.05) is 18.2 Å². The average Bonchev–Trinajstić information content (AvgIpc) is 3.41. The Morgan fingerprint density at radius 3 is 2.96 bits per heavy atom. The first-order chi connectivity index (χ1) is 11.2. The van der Waals surface area contributed by atoms with Crippen molar-refractivity contribution in [1.82, 2.24) is 14.9 Å². The van der Waals surface area contributed by atoms with Crippen molar-refractivity contribution in [3.05, 3.63) is 57.3 Å². The molecule has 0 amide bonds. The number of nitrogens with one attached hydrogen (secondary N) is 1. The standard InChI is InChI=1S/C18H21N3O2/c1-23-16-5-3-2-4-13(16)10-21-9-8-15-14(11-21)18(22)20-17(19-15)12-6-7-12/h2-5,12H,6-11H2,1H3,(H,19,20,22). The van der Waals surface area contributed by atoms with E-state index < -0.39 is 0 Å². The fourth-order valence-corrected chi connectivity index (χ4v) is 3.26. The topological polar surface area (TPSA) is 58.2 Å². The number of methoxy groups -OCH3 is 1. The van der Waals surface area contributed by atoms with Crippen molar-refractivity contribution in [2.45, 2.75) is 38.3 Å². The molecular weight excluding hydrogens is 290 g/mol. The first-order valence-corrected chi connectivity index (χ1v) is 8.21.